The second-order valence-electron chi connectivity index (χ2n) is 8.70. The third-order valence-corrected chi connectivity index (χ3v) is 6.06. The van der Waals surface area contributed by atoms with Crippen LogP contribution in [0.15, 0.2) is 54.9 Å². The van der Waals surface area contributed by atoms with Crippen LogP contribution < -0.4 is 5.32 Å². The predicted molar refractivity (Wildman–Crippen MR) is 128 cm³/mol. The number of nitrogens with zero attached hydrogens (tertiary/aromatic N) is 6. The summed E-state index contributed by atoms with van der Waals surface area (Å²) in [5.41, 5.74) is 7.89. The molecule has 0 saturated heterocycles. The molecule has 1 aliphatic rings. The van der Waals surface area contributed by atoms with Crippen LogP contribution in [-0.4, -0.2) is 34.9 Å². The van der Waals surface area contributed by atoms with Gasteiger partial charge in [0, 0.05) is 16.9 Å². The van der Waals surface area contributed by atoms with Crippen molar-refractivity contribution >= 4 is 22.5 Å². The fourth-order valence-corrected chi connectivity index (χ4v) is 4.15. The van der Waals surface area contributed by atoms with E-state index in [4.69, 9.17) is 4.98 Å². The second kappa shape index (κ2) is 7.81. The highest BCUT2D eigenvalue weighted by Crippen LogP contribution is 2.36. The molecule has 8 heteroatoms. The van der Waals surface area contributed by atoms with E-state index in [2.05, 4.69) is 43.7 Å². The molecule has 0 unspecified atom stereocenters. The van der Waals surface area contributed by atoms with Crippen LogP contribution in [0.4, 0.5) is 11.5 Å². The van der Waals surface area contributed by atoms with E-state index in [1.165, 1.54) is 12.8 Å². The molecular weight excluding hydrogens is 412 g/mol. The molecule has 0 radical (unpaired) electrons. The van der Waals surface area contributed by atoms with Crippen molar-refractivity contribution in [1.29, 1.82) is 0 Å². The summed E-state index contributed by atoms with van der Waals surface area (Å²) in [5.74, 6) is 2.30. The number of benzene rings is 1. The molecule has 2 N–H and O–H groups in total. The maximum Gasteiger partial charge on any atom is 0.153 e. The molecule has 0 spiro atoms. The average Bonchev–Trinajstić information content (AvgIpc) is 3.43. The summed E-state index contributed by atoms with van der Waals surface area (Å²) in [6, 6.07) is 16.0. The number of H-pyrrole nitrogens is 1. The number of anilines is 2. The van der Waals surface area contributed by atoms with Crippen LogP contribution in [0.2, 0.25) is 0 Å². The molecule has 1 saturated carbocycles. The first-order valence-electron chi connectivity index (χ1n) is 11.2. The van der Waals surface area contributed by atoms with Crippen molar-refractivity contribution < 1.29 is 0 Å². The molecule has 1 aliphatic carbocycles. The SMILES string of the molecule is Cc1ccc(Nc2ccc3c(c2)ncn3-c2cccc(-c3c(CC4CC4)n[nH]c3C)n2)nn1. The lowest BCUT2D eigenvalue weighted by molar-refractivity contribution is 0.796. The van der Waals surface area contributed by atoms with Crippen molar-refractivity contribution in [2.75, 3.05) is 5.32 Å². The zero-order valence-corrected chi connectivity index (χ0v) is 18.6. The van der Waals surface area contributed by atoms with Gasteiger partial charge in [-0.3, -0.25) is 9.67 Å². The summed E-state index contributed by atoms with van der Waals surface area (Å²) in [4.78, 5) is 9.60. The van der Waals surface area contributed by atoms with Crippen molar-refractivity contribution in [1.82, 2.24) is 34.9 Å². The van der Waals surface area contributed by atoms with Crippen molar-refractivity contribution in [2.45, 2.75) is 33.1 Å². The van der Waals surface area contributed by atoms with Gasteiger partial charge in [-0.25, -0.2) is 9.97 Å². The van der Waals surface area contributed by atoms with Gasteiger partial charge in [0.2, 0.25) is 0 Å². The zero-order valence-electron chi connectivity index (χ0n) is 18.6. The molecule has 4 heterocycles. The number of rotatable bonds is 6. The molecule has 5 aromatic rings. The number of aryl methyl sites for hydroxylation is 2. The van der Waals surface area contributed by atoms with E-state index in [1.54, 1.807) is 0 Å². The standard InChI is InChI=1S/C25H24N8/c1-15-6-11-23(32-29-15)27-18-9-10-22-20(13-18)26-14-33(22)24-5-3-4-19(28-24)25-16(2)30-31-21(25)12-17-7-8-17/h3-6,9-11,13-14,17H,7-8,12H2,1-2H3,(H,27,32)(H,30,31). The maximum absolute atomic E-state index is 4.98. The third-order valence-electron chi connectivity index (χ3n) is 6.06. The molecular formula is C25H24N8. The fraction of sp³-hybridized carbons (Fsp3) is 0.240. The molecule has 0 aliphatic heterocycles. The number of aromatic amines is 1. The number of pyridine rings is 1. The Morgan fingerprint density at radius 1 is 1.06 bits per heavy atom. The van der Waals surface area contributed by atoms with Crippen LogP contribution in [0.5, 0.6) is 0 Å². The topological polar surface area (TPSA) is 97.2 Å². The summed E-state index contributed by atoms with van der Waals surface area (Å²) in [5, 5.41) is 19.3. The zero-order chi connectivity index (χ0) is 22.4. The first kappa shape index (κ1) is 19.6. The van der Waals surface area contributed by atoms with Gasteiger partial charge in [0.05, 0.1) is 28.1 Å². The molecule has 0 atom stereocenters. The minimum atomic E-state index is 0.700. The van der Waals surface area contributed by atoms with Gasteiger partial charge in [0.1, 0.15) is 12.1 Å². The van der Waals surface area contributed by atoms with E-state index in [-0.39, 0.29) is 0 Å². The molecule has 33 heavy (non-hydrogen) atoms. The van der Waals surface area contributed by atoms with Crippen molar-refractivity contribution in [3.05, 3.63) is 71.9 Å². The summed E-state index contributed by atoms with van der Waals surface area (Å²) < 4.78 is 2.02. The quantitative estimate of drug-likeness (QED) is 0.392. The minimum absolute atomic E-state index is 0.700. The largest absolute Gasteiger partial charge is 0.339 e. The summed E-state index contributed by atoms with van der Waals surface area (Å²) >= 11 is 0. The van der Waals surface area contributed by atoms with Gasteiger partial charge < -0.3 is 5.32 Å². The molecule has 164 valence electrons. The lowest BCUT2D eigenvalue weighted by atomic mass is 10.1. The second-order valence-corrected chi connectivity index (χ2v) is 8.70. The van der Waals surface area contributed by atoms with Gasteiger partial charge in [-0.05, 0) is 81.5 Å². The highest BCUT2D eigenvalue weighted by atomic mass is 15.2. The number of aromatic nitrogens is 7. The molecule has 1 fully saturated rings. The van der Waals surface area contributed by atoms with Crippen molar-refractivity contribution in [2.24, 2.45) is 5.92 Å². The van der Waals surface area contributed by atoms with E-state index < -0.39 is 0 Å². The van der Waals surface area contributed by atoms with Crippen LogP contribution >= 0.6 is 0 Å². The Labute approximate surface area is 191 Å². The first-order valence-corrected chi connectivity index (χ1v) is 11.2. The third kappa shape index (κ3) is 3.84. The number of fused-ring (bicyclic) bond motifs is 1. The number of nitrogens with one attached hydrogen (secondary N) is 2. The first-order chi connectivity index (χ1) is 16.1. The Morgan fingerprint density at radius 2 is 1.97 bits per heavy atom. The molecule has 8 nitrogen and oxygen atoms in total. The van der Waals surface area contributed by atoms with Crippen LogP contribution in [0, 0.1) is 19.8 Å². The van der Waals surface area contributed by atoms with Crippen LogP contribution in [0.1, 0.15) is 29.9 Å². The Balaban J connectivity index is 1.32. The normalized spacial score (nSPS) is 13.5. The molecule has 4 aromatic heterocycles. The van der Waals surface area contributed by atoms with Crippen LogP contribution in [0.3, 0.4) is 0 Å². The Morgan fingerprint density at radius 3 is 2.79 bits per heavy atom. The van der Waals surface area contributed by atoms with Gasteiger partial charge in [0.15, 0.2) is 5.82 Å². The monoisotopic (exact) mass is 436 g/mol. The summed E-state index contributed by atoms with van der Waals surface area (Å²) in [7, 11) is 0. The maximum atomic E-state index is 4.98. The Hall–Kier alpha value is -4.07. The Bertz CT molecular complexity index is 1440. The number of hydrogen-bond acceptors (Lipinski definition) is 6. The van der Waals surface area contributed by atoms with E-state index in [1.807, 2.05) is 60.3 Å². The predicted octanol–water partition coefficient (Wildman–Crippen LogP) is 4.91. The number of imidazole rings is 1. The smallest absolute Gasteiger partial charge is 0.153 e. The van der Waals surface area contributed by atoms with Crippen molar-refractivity contribution in [3.8, 4) is 17.1 Å². The van der Waals surface area contributed by atoms with E-state index in [0.29, 0.717) is 5.82 Å². The Kier molecular flexibility index (Phi) is 4.64. The van der Waals surface area contributed by atoms with Crippen LogP contribution in [-0.2, 0) is 6.42 Å². The molecule has 0 bridgehead atoms. The van der Waals surface area contributed by atoms with E-state index in [9.17, 15) is 0 Å². The van der Waals surface area contributed by atoms with E-state index >= 15 is 0 Å². The average molecular weight is 437 g/mol. The highest BCUT2D eigenvalue weighted by Gasteiger charge is 2.25. The van der Waals surface area contributed by atoms with Crippen molar-refractivity contribution in [3.63, 3.8) is 0 Å². The van der Waals surface area contributed by atoms with Gasteiger partial charge in [0.25, 0.3) is 0 Å². The van der Waals surface area contributed by atoms with Gasteiger partial charge in [-0.15, -0.1) is 5.10 Å². The van der Waals surface area contributed by atoms with Crippen LogP contribution in [0.25, 0.3) is 28.1 Å². The van der Waals surface area contributed by atoms with E-state index in [0.717, 1.165) is 63.2 Å². The number of hydrogen-bond donors (Lipinski definition) is 2. The van der Waals surface area contributed by atoms with Gasteiger partial charge >= 0.3 is 0 Å². The molecule has 6 rings (SSSR count). The fourth-order valence-electron chi connectivity index (χ4n) is 4.15. The van der Waals surface area contributed by atoms with Gasteiger partial charge in [-0.2, -0.15) is 10.2 Å². The summed E-state index contributed by atoms with van der Waals surface area (Å²) in [6.45, 7) is 3.98. The van der Waals surface area contributed by atoms with Gasteiger partial charge in [-0.1, -0.05) is 6.07 Å². The lowest BCUT2D eigenvalue weighted by Gasteiger charge is -2.09. The lowest BCUT2D eigenvalue weighted by Crippen LogP contribution is -1.99. The molecule has 1 aromatic carbocycles. The molecule has 0 amide bonds. The minimum Gasteiger partial charge on any atom is -0.339 e. The highest BCUT2D eigenvalue weighted by molar-refractivity contribution is 5.82. The summed E-state index contributed by atoms with van der Waals surface area (Å²) in [6.07, 6.45) is 5.43.